The lowest BCUT2D eigenvalue weighted by Crippen LogP contribution is -2.46. The van der Waals surface area contributed by atoms with Gasteiger partial charge in [0.05, 0.1) is 6.10 Å². The number of rotatable bonds is 6. The molecule has 0 N–H and O–H groups in total. The summed E-state index contributed by atoms with van der Waals surface area (Å²) in [4.78, 5) is 0. The third-order valence-corrected chi connectivity index (χ3v) is 9.41. The monoisotopic (exact) mass is 416 g/mol. The van der Waals surface area contributed by atoms with E-state index in [9.17, 15) is 0 Å². The van der Waals surface area contributed by atoms with Crippen LogP contribution in [0.1, 0.15) is 33.3 Å². The molecule has 0 heterocycles. The number of halogens is 1. The van der Waals surface area contributed by atoms with Crippen LogP contribution in [0, 0.1) is 5.92 Å². The fourth-order valence-electron chi connectivity index (χ4n) is 1.98. The first-order valence-electron chi connectivity index (χ1n) is 7.66. The van der Waals surface area contributed by atoms with E-state index < -0.39 is 8.32 Å². The molecule has 2 atom stereocenters. The van der Waals surface area contributed by atoms with Crippen LogP contribution in [0.5, 0.6) is 0 Å². The van der Waals surface area contributed by atoms with Gasteiger partial charge in [0.1, 0.15) is 0 Å². The molecule has 0 bridgehead atoms. The lowest BCUT2D eigenvalue weighted by molar-refractivity contribution is 0.146. The van der Waals surface area contributed by atoms with Crippen LogP contribution < -0.4 is 0 Å². The third kappa shape index (κ3) is 5.87. The summed E-state index contributed by atoms with van der Waals surface area (Å²) in [7, 11) is -1.75. The Bertz CT molecular complexity index is 448. The van der Waals surface area contributed by atoms with Gasteiger partial charge < -0.3 is 4.43 Å². The van der Waals surface area contributed by atoms with Crippen molar-refractivity contribution in [1.29, 1.82) is 0 Å². The van der Waals surface area contributed by atoms with Gasteiger partial charge in [-0.05, 0) is 34.2 Å². The quantitative estimate of drug-likeness (QED) is 0.396. The van der Waals surface area contributed by atoms with Crippen molar-refractivity contribution < 1.29 is 4.43 Å². The van der Waals surface area contributed by atoms with E-state index in [-0.39, 0.29) is 11.1 Å². The Kier molecular flexibility index (Phi) is 7.14. The highest BCUT2D eigenvalue weighted by Gasteiger charge is 2.39. The second kappa shape index (κ2) is 7.93. The maximum Gasteiger partial charge on any atom is 0.192 e. The molecule has 1 nitrogen and oxygen atoms in total. The van der Waals surface area contributed by atoms with Crippen LogP contribution in [0.4, 0.5) is 0 Å². The predicted molar refractivity (Wildman–Crippen MR) is 105 cm³/mol. The maximum atomic E-state index is 6.70. The minimum Gasteiger partial charge on any atom is -0.413 e. The molecule has 0 saturated carbocycles. The Morgan fingerprint density at radius 2 is 1.76 bits per heavy atom. The molecular formula is C18H29IOSi. The van der Waals surface area contributed by atoms with Gasteiger partial charge in [0.2, 0.25) is 0 Å². The summed E-state index contributed by atoms with van der Waals surface area (Å²) in [5.74, 6) is 0.427. The topological polar surface area (TPSA) is 9.23 Å². The van der Waals surface area contributed by atoms with Crippen molar-refractivity contribution in [1.82, 2.24) is 0 Å². The summed E-state index contributed by atoms with van der Waals surface area (Å²) in [6, 6.07) is 10.7. The first-order valence-corrected chi connectivity index (χ1v) is 11.8. The SMILES string of the molecule is C[C@H](/C=C\I)[C@H](Cc1ccccc1)O[Si](C)(C)C(C)(C)C. The summed E-state index contributed by atoms with van der Waals surface area (Å²) in [5, 5.41) is 0.246. The first-order chi connectivity index (χ1) is 9.67. The molecule has 3 heteroatoms. The highest BCUT2D eigenvalue weighted by molar-refractivity contribution is 14.1. The average molecular weight is 416 g/mol. The molecule has 1 aromatic carbocycles. The number of hydrogen-bond donors (Lipinski definition) is 0. The van der Waals surface area contributed by atoms with Crippen LogP contribution in [0.2, 0.25) is 18.1 Å². The van der Waals surface area contributed by atoms with Gasteiger partial charge in [-0.1, -0.05) is 86.7 Å². The van der Waals surface area contributed by atoms with E-state index in [1.165, 1.54) is 5.56 Å². The zero-order chi connectivity index (χ0) is 16.1. The molecule has 118 valence electrons. The van der Waals surface area contributed by atoms with E-state index in [2.05, 4.69) is 104 Å². The van der Waals surface area contributed by atoms with Crippen molar-refractivity contribution in [3.8, 4) is 0 Å². The van der Waals surface area contributed by atoms with Gasteiger partial charge in [0.25, 0.3) is 0 Å². The number of benzene rings is 1. The molecule has 0 amide bonds. The average Bonchev–Trinajstić information content (AvgIpc) is 2.38. The second-order valence-electron chi connectivity index (χ2n) is 7.28. The zero-order valence-corrected chi connectivity index (χ0v) is 17.3. The maximum absolute atomic E-state index is 6.70. The summed E-state index contributed by atoms with van der Waals surface area (Å²) < 4.78 is 8.81. The van der Waals surface area contributed by atoms with Crippen molar-refractivity contribution in [3.63, 3.8) is 0 Å². The highest BCUT2D eigenvalue weighted by atomic mass is 127. The van der Waals surface area contributed by atoms with Crippen molar-refractivity contribution in [2.45, 2.75) is 58.4 Å². The summed E-state index contributed by atoms with van der Waals surface area (Å²) >= 11 is 2.30. The molecule has 0 aliphatic heterocycles. The van der Waals surface area contributed by atoms with Crippen molar-refractivity contribution in [2.24, 2.45) is 5.92 Å². The minimum absolute atomic E-state index is 0.246. The molecule has 0 fully saturated rings. The lowest BCUT2D eigenvalue weighted by atomic mass is 9.98. The van der Waals surface area contributed by atoms with Crippen LogP contribution in [-0.4, -0.2) is 14.4 Å². The molecule has 0 saturated heterocycles. The van der Waals surface area contributed by atoms with Gasteiger partial charge in [-0.2, -0.15) is 0 Å². The van der Waals surface area contributed by atoms with Crippen LogP contribution in [0.25, 0.3) is 0 Å². The fraction of sp³-hybridized carbons (Fsp3) is 0.556. The summed E-state index contributed by atoms with van der Waals surface area (Å²) in [6.07, 6.45) is 3.48. The molecule has 0 aliphatic carbocycles. The van der Waals surface area contributed by atoms with Gasteiger partial charge in [-0.25, -0.2) is 0 Å². The lowest BCUT2D eigenvalue weighted by Gasteiger charge is -2.40. The fourth-order valence-corrected chi connectivity index (χ4v) is 4.04. The Morgan fingerprint density at radius 3 is 2.24 bits per heavy atom. The van der Waals surface area contributed by atoms with Crippen LogP contribution in [0.3, 0.4) is 0 Å². The van der Waals surface area contributed by atoms with Crippen molar-refractivity contribution >= 4 is 30.9 Å². The second-order valence-corrected chi connectivity index (χ2v) is 12.8. The van der Waals surface area contributed by atoms with Gasteiger partial charge in [0, 0.05) is 5.92 Å². The predicted octanol–water partition coefficient (Wildman–Crippen LogP) is 6.20. The highest BCUT2D eigenvalue weighted by Crippen LogP contribution is 2.38. The molecule has 1 aromatic rings. The third-order valence-electron chi connectivity index (χ3n) is 4.49. The molecular weight excluding hydrogens is 387 g/mol. The first kappa shape index (κ1) is 18.9. The van der Waals surface area contributed by atoms with E-state index in [0.717, 1.165) is 6.42 Å². The molecule has 21 heavy (non-hydrogen) atoms. The van der Waals surface area contributed by atoms with Crippen molar-refractivity contribution in [3.05, 3.63) is 46.1 Å². The Balaban J connectivity index is 2.93. The normalized spacial score (nSPS) is 16.1. The van der Waals surface area contributed by atoms with Gasteiger partial charge in [-0.3, -0.25) is 0 Å². The molecule has 0 aromatic heterocycles. The Morgan fingerprint density at radius 1 is 1.19 bits per heavy atom. The summed E-state index contributed by atoms with van der Waals surface area (Å²) in [6.45, 7) is 13.8. The van der Waals surface area contributed by atoms with E-state index >= 15 is 0 Å². The van der Waals surface area contributed by atoms with E-state index in [0.29, 0.717) is 5.92 Å². The zero-order valence-electron chi connectivity index (χ0n) is 14.2. The molecule has 0 unspecified atom stereocenters. The van der Waals surface area contributed by atoms with E-state index in [4.69, 9.17) is 4.43 Å². The largest absolute Gasteiger partial charge is 0.413 e. The van der Waals surface area contributed by atoms with Crippen LogP contribution in [0.15, 0.2) is 40.5 Å². The minimum atomic E-state index is -1.75. The molecule has 0 spiro atoms. The van der Waals surface area contributed by atoms with E-state index in [1.807, 2.05) is 0 Å². The van der Waals surface area contributed by atoms with Gasteiger partial charge in [0.15, 0.2) is 8.32 Å². The van der Waals surface area contributed by atoms with Crippen molar-refractivity contribution in [2.75, 3.05) is 0 Å². The van der Waals surface area contributed by atoms with Gasteiger partial charge in [-0.15, -0.1) is 0 Å². The van der Waals surface area contributed by atoms with Crippen LogP contribution >= 0.6 is 22.6 Å². The summed E-state index contributed by atoms with van der Waals surface area (Å²) in [5.41, 5.74) is 1.36. The molecule has 1 rings (SSSR count). The van der Waals surface area contributed by atoms with E-state index in [1.54, 1.807) is 0 Å². The number of hydrogen-bond acceptors (Lipinski definition) is 1. The molecule has 0 radical (unpaired) electrons. The smallest absolute Gasteiger partial charge is 0.192 e. The standard InChI is InChI=1S/C18H29IOSi/c1-15(12-13-19)17(14-16-10-8-7-9-11-16)20-21(5,6)18(2,3)4/h7-13,15,17H,14H2,1-6H3/b13-12-/t15-,17+/m1/s1. The Hall–Kier alpha value is -0.133. The van der Waals surface area contributed by atoms with Gasteiger partial charge >= 0.3 is 0 Å². The Labute approximate surface area is 145 Å². The molecule has 0 aliphatic rings. The van der Waals surface area contributed by atoms with Crippen LogP contribution in [-0.2, 0) is 10.8 Å².